The van der Waals surface area contributed by atoms with E-state index in [4.69, 9.17) is 10.8 Å². The molecule has 2 amide bonds. The molecule has 0 bridgehead atoms. The maximum atomic E-state index is 13.0. The third-order valence-corrected chi connectivity index (χ3v) is 3.38. The minimum Gasteiger partial charge on any atom is -0.480 e. The van der Waals surface area contributed by atoms with Crippen LogP contribution in [0, 0.1) is 5.92 Å². The van der Waals surface area contributed by atoms with E-state index in [9.17, 15) is 23.2 Å². The Morgan fingerprint density at radius 2 is 1.85 bits per heavy atom. The largest absolute Gasteiger partial charge is 0.480 e. The molecule has 20 heavy (non-hydrogen) atoms. The summed E-state index contributed by atoms with van der Waals surface area (Å²) in [6.45, 7) is 0. The number of nitrogens with one attached hydrogen (secondary N) is 1. The lowest BCUT2D eigenvalue weighted by Gasteiger charge is -2.28. The van der Waals surface area contributed by atoms with Crippen molar-refractivity contribution in [2.45, 2.75) is 50.5 Å². The third-order valence-electron chi connectivity index (χ3n) is 3.38. The lowest BCUT2D eigenvalue weighted by atomic mass is 9.86. The SMILES string of the molecule is NC(=O)CC[C@H](NC(=O)C1CCC(F)(F)CC1)C(=O)O. The summed E-state index contributed by atoms with van der Waals surface area (Å²) in [6, 6.07) is -1.22. The van der Waals surface area contributed by atoms with Gasteiger partial charge in [-0.15, -0.1) is 0 Å². The molecule has 8 heteroatoms. The molecule has 114 valence electrons. The fraction of sp³-hybridized carbons (Fsp3) is 0.750. The molecule has 1 saturated carbocycles. The van der Waals surface area contributed by atoms with Crippen molar-refractivity contribution in [1.82, 2.24) is 5.32 Å². The molecular formula is C12H18F2N2O4. The first-order valence-electron chi connectivity index (χ1n) is 6.40. The summed E-state index contributed by atoms with van der Waals surface area (Å²) in [6.07, 6.45) is -0.963. The molecule has 1 aliphatic rings. The van der Waals surface area contributed by atoms with Crippen molar-refractivity contribution in [2.24, 2.45) is 11.7 Å². The number of aliphatic carboxylic acids is 1. The first kappa shape index (κ1) is 16.3. The lowest BCUT2D eigenvalue weighted by Crippen LogP contribution is -2.45. The quantitative estimate of drug-likeness (QED) is 0.667. The Hall–Kier alpha value is -1.73. The average Bonchev–Trinajstić information content (AvgIpc) is 2.33. The second kappa shape index (κ2) is 6.62. The van der Waals surface area contributed by atoms with E-state index in [1.54, 1.807) is 0 Å². The molecule has 6 nitrogen and oxygen atoms in total. The Kier molecular flexibility index (Phi) is 5.41. The average molecular weight is 292 g/mol. The minimum atomic E-state index is -2.74. The maximum absolute atomic E-state index is 13.0. The Labute approximate surface area is 114 Å². The monoisotopic (exact) mass is 292 g/mol. The molecule has 0 saturated heterocycles. The molecular weight excluding hydrogens is 274 g/mol. The molecule has 0 aromatic rings. The van der Waals surface area contributed by atoms with Crippen molar-refractivity contribution in [3.05, 3.63) is 0 Å². The highest BCUT2D eigenvalue weighted by molar-refractivity contribution is 5.85. The topological polar surface area (TPSA) is 109 Å². The summed E-state index contributed by atoms with van der Waals surface area (Å²) in [4.78, 5) is 33.4. The van der Waals surface area contributed by atoms with Crippen molar-refractivity contribution in [3.63, 3.8) is 0 Å². The van der Waals surface area contributed by atoms with Crippen LogP contribution in [-0.2, 0) is 14.4 Å². The molecule has 1 rings (SSSR count). The van der Waals surface area contributed by atoms with Gasteiger partial charge in [-0.3, -0.25) is 9.59 Å². The van der Waals surface area contributed by atoms with Crippen LogP contribution in [0.25, 0.3) is 0 Å². The predicted octanol–water partition coefficient (Wildman–Crippen LogP) is 0.647. The standard InChI is InChI=1S/C12H18F2N2O4/c13-12(14)5-3-7(4-6-12)10(18)16-8(11(19)20)1-2-9(15)17/h7-8H,1-6H2,(H2,15,17)(H,16,18)(H,19,20)/t8-/m0/s1. The van der Waals surface area contributed by atoms with Crippen LogP contribution < -0.4 is 11.1 Å². The van der Waals surface area contributed by atoms with Crippen molar-refractivity contribution in [2.75, 3.05) is 0 Å². The third kappa shape index (κ3) is 5.10. The van der Waals surface area contributed by atoms with E-state index in [1.165, 1.54) is 0 Å². The van der Waals surface area contributed by atoms with Crippen LogP contribution in [0.2, 0.25) is 0 Å². The Morgan fingerprint density at radius 3 is 2.30 bits per heavy atom. The molecule has 0 unspecified atom stereocenters. The minimum absolute atomic E-state index is 0.0288. The Morgan fingerprint density at radius 1 is 1.30 bits per heavy atom. The number of carboxylic acid groups (broad SMARTS) is 1. The molecule has 1 aliphatic carbocycles. The van der Waals surface area contributed by atoms with Gasteiger partial charge in [0.2, 0.25) is 17.7 Å². The summed E-state index contributed by atoms with van der Waals surface area (Å²) in [5, 5.41) is 11.2. The summed E-state index contributed by atoms with van der Waals surface area (Å²) in [5.74, 6) is -5.85. The van der Waals surface area contributed by atoms with Crippen LogP contribution in [0.15, 0.2) is 0 Å². The van der Waals surface area contributed by atoms with E-state index in [2.05, 4.69) is 5.32 Å². The molecule has 0 aromatic heterocycles. The van der Waals surface area contributed by atoms with Gasteiger partial charge in [0.15, 0.2) is 0 Å². The van der Waals surface area contributed by atoms with E-state index in [0.29, 0.717) is 0 Å². The van der Waals surface area contributed by atoms with Gasteiger partial charge >= 0.3 is 5.97 Å². The maximum Gasteiger partial charge on any atom is 0.326 e. The second-order valence-corrected chi connectivity index (χ2v) is 5.03. The Bertz CT molecular complexity index is 391. The van der Waals surface area contributed by atoms with Crippen molar-refractivity contribution < 1.29 is 28.3 Å². The van der Waals surface area contributed by atoms with Crippen LogP contribution in [0.1, 0.15) is 38.5 Å². The molecule has 0 heterocycles. The van der Waals surface area contributed by atoms with E-state index >= 15 is 0 Å². The zero-order valence-corrected chi connectivity index (χ0v) is 10.9. The molecule has 0 radical (unpaired) electrons. The lowest BCUT2D eigenvalue weighted by molar-refractivity contribution is -0.143. The normalized spacial score (nSPS) is 20.1. The summed E-state index contributed by atoms with van der Waals surface area (Å²) in [7, 11) is 0. The molecule has 4 N–H and O–H groups in total. The highest BCUT2D eigenvalue weighted by atomic mass is 19.3. The number of amides is 2. The summed E-state index contributed by atoms with van der Waals surface area (Å²) < 4.78 is 25.9. The first-order valence-corrected chi connectivity index (χ1v) is 6.40. The van der Waals surface area contributed by atoms with Gasteiger partial charge < -0.3 is 16.2 Å². The van der Waals surface area contributed by atoms with Gasteiger partial charge in [-0.1, -0.05) is 0 Å². The van der Waals surface area contributed by atoms with Gasteiger partial charge in [-0.25, -0.2) is 13.6 Å². The smallest absolute Gasteiger partial charge is 0.326 e. The zero-order valence-electron chi connectivity index (χ0n) is 10.9. The second-order valence-electron chi connectivity index (χ2n) is 5.03. The number of carboxylic acids is 1. The number of alkyl halides is 2. The number of halogens is 2. The number of carbonyl (C=O) groups excluding carboxylic acids is 2. The van der Waals surface area contributed by atoms with Gasteiger partial charge in [0.25, 0.3) is 0 Å². The highest BCUT2D eigenvalue weighted by Gasteiger charge is 2.38. The van der Waals surface area contributed by atoms with Gasteiger partial charge in [0.05, 0.1) is 0 Å². The number of nitrogens with two attached hydrogens (primary N) is 1. The summed E-state index contributed by atoms with van der Waals surface area (Å²) >= 11 is 0. The van der Waals surface area contributed by atoms with Crippen molar-refractivity contribution >= 4 is 17.8 Å². The van der Waals surface area contributed by atoms with Gasteiger partial charge in [0.1, 0.15) is 6.04 Å². The predicted molar refractivity (Wildman–Crippen MR) is 64.9 cm³/mol. The van der Waals surface area contributed by atoms with Crippen molar-refractivity contribution in [1.29, 1.82) is 0 Å². The highest BCUT2D eigenvalue weighted by Crippen LogP contribution is 2.36. The number of primary amides is 1. The number of hydrogen-bond donors (Lipinski definition) is 3. The molecule has 1 fully saturated rings. The number of hydrogen-bond acceptors (Lipinski definition) is 3. The molecule has 1 atom stereocenters. The van der Waals surface area contributed by atoms with E-state index < -0.39 is 35.7 Å². The van der Waals surface area contributed by atoms with Crippen molar-refractivity contribution in [3.8, 4) is 0 Å². The first-order chi connectivity index (χ1) is 9.21. The van der Waals surface area contributed by atoms with Gasteiger partial charge in [0, 0.05) is 25.2 Å². The van der Waals surface area contributed by atoms with E-state index in [1.807, 2.05) is 0 Å². The van der Waals surface area contributed by atoms with Crippen LogP contribution >= 0.6 is 0 Å². The Balaban J connectivity index is 2.50. The fourth-order valence-corrected chi connectivity index (χ4v) is 2.14. The fourth-order valence-electron chi connectivity index (χ4n) is 2.14. The number of rotatable bonds is 6. The zero-order chi connectivity index (χ0) is 15.3. The molecule has 0 aromatic carbocycles. The summed E-state index contributed by atoms with van der Waals surface area (Å²) in [5.41, 5.74) is 4.92. The van der Waals surface area contributed by atoms with Gasteiger partial charge in [-0.2, -0.15) is 0 Å². The van der Waals surface area contributed by atoms with E-state index in [0.717, 1.165) is 0 Å². The van der Waals surface area contributed by atoms with Crippen LogP contribution in [0.3, 0.4) is 0 Å². The van der Waals surface area contributed by atoms with Gasteiger partial charge in [-0.05, 0) is 19.3 Å². The van der Waals surface area contributed by atoms with Crippen LogP contribution in [0.4, 0.5) is 8.78 Å². The number of carbonyl (C=O) groups is 3. The van der Waals surface area contributed by atoms with Crippen LogP contribution in [-0.4, -0.2) is 34.9 Å². The molecule has 0 aliphatic heterocycles. The molecule has 0 spiro atoms. The van der Waals surface area contributed by atoms with E-state index in [-0.39, 0.29) is 38.5 Å². The van der Waals surface area contributed by atoms with Crippen LogP contribution in [0.5, 0.6) is 0 Å².